The molecule has 0 spiro atoms. The van der Waals surface area contributed by atoms with E-state index in [1.165, 1.54) is 0 Å². The standard InChI is InChI=1S/C16H28N4O2/c1-5-14-13(8-17-20(14)9-11(2)3)18-16(22)19(4)10-15(21)12-6-7-12/h8,11-12,15,21H,5-7,9-10H2,1-4H3,(H,18,22). The van der Waals surface area contributed by atoms with Crippen LogP contribution < -0.4 is 5.32 Å². The summed E-state index contributed by atoms with van der Waals surface area (Å²) < 4.78 is 1.96. The van der Waals surface area contributed by atoms with Crippen molar-refractivity contribution >= 4 is 11.7 Å². The van der Waals surface area contributed by atoms with Gasteiger partial charge >= 0.3 is 6.03 Å². The maximum Gasteiger partial charge on any atom is 0.321 e. The van der Waals surface area contributed by atoms with E-state index in [-0.39, 0.29) is 6.03 Å². The first-order valence-electron chi connectivity index (χ1n) is 8.17. The van der Waals surface area contributed by atoms with Gasteiger partial charge in [0.2, 0.25) is 0 Å². The summed E-state index contributed by atoms with van der Waals surface area (Å²) in [5.41, 5.74) is 1.80. The normalized spacial score (nSPS) is 15.9. The van der Waals surface area contributed by atoms with Gasteiger partial charge in [-0.25, -0.2) is 4.79 Å². The highest BCUT2D eigenvalue weighted by Gasteiger charge is 2.31. The Hall–Kier alpha value is -1.56. The summed E-state index contributed by atoms with van der Waals surface area (Å²) in [6, 6.07) is -0.196. The molecule has 0 bridgehead atoms. The Morgan fingerprint density at radius 1 is 1.55 bits per heavy atom. The zero-order valence-corrected chi connectivity index (χ0v) is 14.0. The van der Waals surface area contributed by atoms with Crippen molar-refractivity contribution in [2.24, 2.45) is 11.8 Å². The number of likely N-dealkylation sites (N-methyl/N-ethyl adjacent to an activating group) is 1. The number of aliphatic hydroxyl groups is 1. The molecule has 124 valence electrons. The van der Waals surface area contributed by atoms with E-state index in [0.717, 1.165) is 37.2 Å². The van der Waals surface area contributed by atoms with E-state index in [4.69, 9.17) is 0 Å². The first-order chi connectivity index (χ1) is 10.4. The first-order valence-corrected chi connectivity index (χ1v) is 8.17. The van der Waals surface area contributed by atoms with Crippen molar-refractivity contribution in [1.82, 2.24) is 14.7 Å². The summed E-state index contributed by atoms with van der Waals surface area (Å²) in [7, 11) is 1.71. The molecule has 1 aromatic rings. The molecule has 0 aromatic carbocycles. The molecule has 1 aromatic heterocycles. The largest absolute Gasteiger partial charge is 0.391 e. The molecule has 2 N–H and O–H groups in total. The molecule has 2 amide bonds. The van der Waals surface area contributed by atoms with E-state index >= 15 is 0 Å². The number of carbonyl (C=O) groups excluding carboxylic acids is 1. The fourth-order valence-corrected chi connectivity index (χ4v) is 2.60. The van der Waals surface area contributed by atoms with Gasteiger partial charge in [0.1, 0.15) is 0 Å². The Labute approximate surface area is 132 Å². The van der Waals surface area contributed by atoms with Gasteiger partial charge in [-0.1, -0.05) is 20.8 Å². The van der Waals surface area contributed by atoms with Crippen molar-refractivity contribution in [3.8, 4) is 0 Å². The fraction of sp³-hybridized carbons (Fsp3) is 0.750. The lowest BCUT2D eigenvalue weighted by Crippen LogP contribution is -2.38. The Kier molecular flexibility index (Phi) is 5.45. The van der Waals surface area contributed by atoms with Gasteiger partial charge in [0.05, 0.1) is 23.7 Å². The van der Waals surface area contributed by atoms with E-state index in [1.807, 2.05) is 4.68 Å². The minimum absolute atomic E-state index is 0.196. The number of nitrogens with one attached hydrogen (secondary N) is 1. The summed E-state index contributed by atoms with van der Waals surface area (Å²) in [5.74, 6) is 0.875. The molecule has 1 saturated carbocycles. The Morgan fingerprint density at radius 3 is 2.77 bits per heavy atom. The predicted molar refractivity (Wildman–Crippen MR) is 86.8 cm³/mol. The van der Waals surface area contributed by atoms with E-state index < -0.39 is 6.10 Å². The van der Waals surface area contributed by atoms with Gasteiger partial charge < -0.3 is 15.3 Å². The SMILES string of the molecule is CCc1c(NC(=O)N(C)CC(O)C2CC2)cnn1CC(C)C. The predicted octanol–water partition coefficient (Wildman–Crippen LogP) is 2.34. The molecule has 22 heavy (non-hydrogen) atoms. The summed E-state index contributed by atoms with van der Waals surface area (Å²) in [6.45, 7) is 7.57. The van der Waals surface area contributed by atoms with Gasteiger partial charge in [-0.15, -0.1) is 0 Å². The monoisotopic (exact) mass is 308 g/mol. The maximum atomic E-state index is 12.3. The number of aliphatic hydroxyl groups excluding tert-OH is 1. The number of hydrogen-bond acceptors (Lipinski definition) is 3. The number of nitrogens with zero attached hydrogens (tertiary/aromatic N) is 3. The first kappa shape index (κ1) is 16.8. The van der Waals surface area contributed by atoms with Gasteiger partial charge in [-0.05, 0) is 31.1 Å². The third kappa shape index (κ3) is 4.22. The number of rotatable bonds is 7. The lowest BCUT2D eigenvalue weighted by Gasteiger charge is -2.21. The molecule has 1 heterocycles. The molecule has 1 fully saturated rings. The Balaban J connectivity index is 1.96. The Bertz CT molecular complexity index is 508. The lowest BCUT2D eigenvalue weighted by atomic mass is 10.2. The third-order valence-electron chi connectivity index (χ3n) is 4.04. The van der Waals surface area contributed by atoms with Crippen LogP contribution in [0.25, 0.3) is 0 Å². The number of amides is 2. The second-order valence-electron chi connectivity index (χ2n) is 6.65. The molecule has 1 aliphatic carbocycles. The third-order valence-corrected chi connectivity index (χ3v) is 4.04. The zero-order chi connectivity index (χ0) is 16.3. The maximum absolute atomic E-state index is 12.3. The van der Waals surface area contributed by atoms with Crippen LogP contribution >= 0.6 is 0 Å². The van der Waals surface area contributed by atoms with E-state index in [2.05, 4.69) is 31.2 Å². The Morgan fingerprint density at radius 2 is 2.23 bits per heavy atom. The van der Waals surface area contributed by atoms with Crippen LogP contribution in [0.15, 0.2) is 6.20 Å². The van der Waals surface area contributed by atoms with Crippen molar-refractivity contribution in [2.45, 2.75) is 52.7 Å². The number of hydrogen-bond donors (Lipinski definition) is 2. The molecular weight excluding hydrogens is 280 g/mol. The molecule has 0 radical (unpaired) electrons. The molecule has 0 aliphatic heterocycles. The van der Waals surface area contributed by atoms with E-state index in [1.54, 1.807) is 18.1 Å². The summed E-state index contributed by atoms with van der Waals surface area (Å²) in [5, 5.41) is 17.2. The second kappa shape index (κ2) is 7.13. The molecule has 0 saturated heterocycles. The second-order valence-corrected chi connectivity index (χ2v) is 6.65. The van der Waals surface area contributed by atoms with Crippen LogP contribution in [-0.2, 0) is 13.0 Å². The summed E-state index contributed by atoms with van der Waals surface area (Å²) in [4.78, 5) is 13.8. The highest BCUT2D eigenvalue weighted by molar-refractivity contribution is 5.89. The van der Waals surface area contributed by atoms with Gasteiger partial charge in [0.25, 0.3) is 0 Å². The van der Waals surface area contributed by atoms with Crippen molar-refractivity contribution in [2.75, 3.05) is 18.9 Å². The smallest absolute Gasteiger partial charge is 0.321 e. The van der Waals surface area contributed by atoms with Crippen molar-refractivity contribution < 1.29 is 9.90 Å². The summed E-state index contributed by atoms with van der Waals surface area (Å²) >= 11 is 0. The molecule has 1 unspecified atom stereocenters. The highest BCUT2D eigenvalue weighted by atomic mass is 16.3. The van der Waals surface area contributed by atoms with Crippen LogP contribution in [-0.4, -0.2) is 45.5 Å². The molecular formula is C16H28N4O2. The molecule has 6 nitrogen and oxygen atoms in total. The summed E-state index contributed by atoms with van der Waals surface area (Å²) in [6.07, 6.45) is 4.25. The number of aromatic nitrogens is 2. The minimum Gasteiger partial charge on any atom is -0.391 e. The minimum atomic E-state index is -0.412. The lowest BCUT2D eigenvalue weighted by molar-refractivity contribution is 0.117. The van der Waals surface area contributed by atoms with Crippen molar-refractivity contribution in [3.05, 3.63) is 11.9 Å². The molecule has 1 aliphatic rings. The van der Waals surface area contributed by atoms with Crippen LogP contribution in [0, 0.1) is 11.8 Å². The quantitative estimate of drug-likeness (QED) is 0.812. The number of urea groups is 1. The van der Waals surface area contributed by atoms with Crippen LogP contribution in [0.1, 0.15) is 39.3 Å². The average Bonchev–Trinajstić information content (AvgIpc) is 3.23. The van der Waals surface area contributed by atoms with Crippen molar-refractivity contribution in [3.63, 3.8) is 0 Å². The fourth-order valence-electron chi connectivity index (χ4n) is 2.60. The molecule has 2 rings (SSSR count). The number of anilines is 1. The van der Waals surface area contributed by atoms with Gasteiger partial charge in [-0.2, -0.15) is 5.10 Å². The van der Waals surface area contributed by atoms with Crippen LogP contribution in [0.2, 0.25) is 0 Å². The highest BCUT2D eigenvalue weighted by Crippen LogP contribution is 2.32. The zero-order valence-electron chi connectivity index (χ0n) is 14.0. The van der Waals surface area contributed by atoms with Gasteiger partial charge in [0.15, 0.2) is 0 Å². The molecule has 1 atom stereocenters. The molecule has 6 heteroatoms. The van der Waals surface area contributed by atoms with Crippen LogP contribution in [0.4, 0.5) is 10.5 Å². The van der Waals surface area contributed by atoms with Crippen LogP contribution in [0.3, 0.4) is 0 Å². The van der Waals surface area contributed by atoms with Crippen LogP contribution in [0.5, 0.6) is 0 Å². The average molecular weight is 308 g/mol. The topological polar surface area (TPSA) is 70.4 Å². The van der Waals surface area contributed by atoms with Crippen molar-refractivity contribution in [1.29, 1.82) is 0 Å². The van der Waals surface area contributed by atoms with Gasteiger partial charge in [0, 0.05) is 20.1 Å². The van der Waals surface area contributed by atoms with Gasteiger partial charge in [-0.3, -0.25) is 4.68 Å². The van der Waals surface area contributed by atoms with E-state index in [0.29, 0.717) is 18.4 Å². The van der Waals surface area contributed by atoms with E-state index in [9.17, 15) is 9.90 Å². The number of carbonyl (C=O) groups is 1.